The molecule has 0 aromatic carbocycles. The zero-order valence-corrected chi connectivity index (χ0v) is 8.05. The number of rotatable bonds is 1. The Labute approximate surface area is 75.3 Å². The summed E-state index contributed by atoms with van der Waals surface area (Å²) >= 11 is 0. The van der Waals surface area contributed by atoms with Crippen LogP contribution in [0, 0.1) is 5.92 Å². The van der Waals surface area contributed by atoms with Gasteiger partial charge in [0.15, 0.2) is 0 Å². The Bertz CT molecular complexity index is 141. The molecule has 1 aliphatic carbocycles. The van der Waals surface area contributed by atoms with Gasteiger partial charge in [0, 0.05) is 32.2 Å². The van der Waals surface area contributed by atoms with Crippen molar-refractivity contribution in [3.05, 3.63) is 0 Å². The third-order valence-electron chi connectivity index (χ3n) is 3.44. The minimum atomic E-state index is 0.909. The fraction of sp³-hybridized carbons (Fsp3) is 1.00. The van der Waals surface area contributed by atoms with Crippen molar-refractivity contribution in [2.24, 2.45) is 5.92 Å². The molecule has 12 heavy (non-hydrogen) atoms. The molecule has 0 aromatic heterocycles. The molecule has 0 bridgehead atoms. The third kappa shape index (κ3) is 1.64. The zero-order chi connectivity index (χ0) is 8.39. The Balaban J connectivity index is 1.89. The molecule has 70 valence electrons. The standard InChI is InChI=1S/C10H20N2/c1-9-3-2-4-10(9)12-7-5-11-6-8-12/h9-11H,2-8H2,1H3. The van der Waals surface area contributed by atoms with Crippen LogP contribution in [0.25, 0.3) is 0 Å². The topological polar surface area (TPSA) is 15.3 Å². The van der Waals surface area contributed by atoms with Gasteiger partial charge < -0.3 is 5.32 Å². The smallest absolute Gasteiger partial charge is 0.0122 e. The molecule has 2 heteroatoms. The summed E-state index contributed by atoms with van der Waals surface area (Å²) < 4.78 is 0. The van der Waals surface area contributed by atoms with Gasteiger partial charge in [-0.1, -0.05) is 13.3 Å². The summed E-state index contributed by atoms with van der Waals surface area (Å²) in [7, 11) is 0. The monoisotopic (exact) mass is 168 g/mol. The zero-order valence-electron chi connectivity index (χ0n) is 8.05. The molecule has 0 aromatic rings. The molecule has 1 N–H and O–H groups in total. The van der Waals surface area contributed by atoms with Gasteiger partial charge >= 0.3 is 0 Å². The number of hydrogen-bond acceptors (Lipinski definition) is 2. The van der Waals surface area contributed by atoms with Crippen LogP contribution >= 0.6 is 0 Å². The molecule has 1 heterocycles. The summed E-state index contributed by atoms with van der Waals surface area (Å²) in [5, 5.41) is 3.41. The van der Waals surface area contributed by atoms with E-state index < -0.39 is 0 Å². The van der Waals surface area contributed by atoms with Gasteiger partial charge in [-0.2, -0.15) is 0 Å². The molecule has 2 rings (SSSR count). The number of piperazine rings is 1. The first-order valence-electron chi connectivity index (χ1n) is 5.32. The summed E-state index contributed by atoms with van der Waals surface area (Å²) in [6.07, 6.45) is 4.35. The van der Waals surface area contributed by atoms with Crippen LogP contribution in [0.15, 0.2) is 0 Å². The first kappa shape index (κ1) is 8.52. The van der Waals surface area contributed by atoms with Crippen LogP contribution in [-0.2, 0) is 0 Å². The average molecular weight is 168 g/mol. The molecule has 2 fully saturated rings. The van der Waals surface area contributed by atoms with E-state index in [-0.39, 0.29) is 0 Å². The van der Waals surface area contributed by atoms with Crippen molar-refractivity contribution in [1.82, 2.24) is 10.2 Å². The van der Waals surface area contributed by atoms with E-state index in [4.69, 9.17) is 0 Å². The largest absolute Gasteiger partial charge is 0.314 e. The van der Waals surface area contributed by atoms with Crippen molar-refractivity contribution in [2.75, 3.05) is 26.2 Å². The van der Waals surface area contributed by atoms with Crippen LogP contribution in [0.2, 0.25) is 0 Å². The van der Waals surface area contributed by atoms with E-state index in [0.717, 1.165) is 12.0 Å². The molecule has 1 saturated carbocycles. The lowest BCUT2D eigenvalue weighted by molar-refractivity contribution is 0.147. The predicted octanol–water partition coefficient (Wildman–Crippen LogP) is 1.08. The summed E-state index contributed by atoms with van der Waals surface area (Å²) in [6.45, 7) is 7.36. The van der Waals surface area contributed by atoms with E-state index in [9.17, 15) is 0 Å². The highest BCUT2D eigenvalue weighted by atomic mass is 15.2. The minimum absolute atomic E-state index is 0.909. The molecule has 0 amide bonds. The highest BCUT2D eigenvalue weighted by molar-refractivity contribution is 4.84. The highest BCUT2D eigenvalue weighted by Crippen LogP contribution is 2.29. The SMILES string of the molecule is CC1CCCC1N1CCNCC1. The fourth-order valence-corrected chi connectivity index (χ4v) is 2.68. The van der Waals surface area contributed by atoms with Crippen LogP contribution in [0.1, 0.15) is 26.2 Å². The Morgan fingerprint density at radius 1 is 1.17 bits per heavy atom. The third-order valence-corrected chi connectivity index (χ3v) is 3.44. The summed E-state index contributed by atoms with van der Waals surface area (Å²) in [6, 6.07) is 0.909. The second-order valence-corrected chi connectivity index (χ2v) is 4.26. The lowest BCUT2D eigenvalue weighted by Gasteiger charge is -2.35. The average Bonchev–Trinajstić information content (AvgIpc) is 2.53. The molecule has 2 unspecified atom stereocenters. The van der Waals surface area contributed by atoms with Crippen LogP contribution in [-0.4, -0.2) is 37.1 Å². The molecule has 2 aliphatic rings. The minimum Gasteiger partial charge on any atom is -0.314 e. The summed E-state index contributed by atoms with van der Waals surface area (Å²) in [4.78, 5) is 2.69. The van der Waals surface area contributed by atoms with Gasteiger partial charge in [-0.15, -0.1) is 0 Å². The van der Waals surface area contributed by atoms with E-state index in [1.165, 1.54) is 45.4 Å². The maximum Gasteiger partial charge on any atom is 0.0122 e. The van der Waals surface area contributed by atoms with Crippen molar-refractivity contribution in [3.63, 3.8) is 0 Å². The maximum atomic E-state index is 3.41. The van der Waals surface area contributed by atoms with Crippen molar-refractivity contribution in [1.29, 1.82) is 0 Å². The van der Waals surface area contributed by atoms with Gasteiger partial charge in [-0.3, -0.25) is 4.90 Å². The molecule has 2 atom stereocenters. The number of nitrogens with one attached hydrogen (secondary N) is 1. The van der Waals surface area contributed by atoms with Crippen molar-refractivity contribution in [3.8, 4) is 0 Å². The normalized spacial score (nSPS) is 38.8. The first-order chi connectivity index (χ1) is 5.88. The molecule has 1 saturated heterocycles. The van der Waals surface area contributed by atoms with Gasteiger partial charge in [0.05, 0.1) is 0 Å². The van der Waals surface area contributed by atoms with Crippen molar-refractivity contribution in [2.45, 2.75) is 32.2 Å². The van der Waals surface area contributed by atoms with Crippen molar-refractivity contribution < 1.29 is 0 Å². The molecule has 0 radical (unpaired) electrons. The lowest BCUT2D eigenvalue weighted by atomic mass is 10.0. The van der Waals surface area contributed by atoms with E-state index in [0.29, 0.717) is 0 Å². The number of nitrogens with zero attached hydrogens (tertiary/aromatic N) is 1. The highest BCUT2D eigenvalue weighted by Gasteiger charge is 2.29. The molecular weight excluding hydrogens is 148 g/mol. The number of hydrogen-bond donors (Lipinski definition) is 1. The molecular formula is C10H20N2. The molecule has 2 nitrogen and oxygen atoms in total. The van der Waals surface area contributed by atoms with E-state index in [1.807, 2.05) is 0 Å². The fourth-order valence-electron chi connectivity index (χ4n) is 2.68. The Morgan fingerprint density at radius 2 is 1.92 bits per heavy atom. The van der Waals surface area contributed by atoms with Gasteiger partial charge in [0.2, 0.25) is 0 Å². The first-order valence-corrected chi connectivity index (χ1v) is 5.32. The van der Waals surface area contributed by atoms with Crippen LogP contribution in [0.4, 0.5) is 0 Å². The predicted molar refractivity (Wildman–Crippen MR) is 51.2 cm³/mol. The van der Waals surface area contributed by atoms with Gasteiger partial charge in [-0.25, -0.2) is 0 Å². The van der Waals surface area contributed by atoms with Crippen molar-refractivity contribution >= 4 is 0 Å². The quantitative estimate of drug-likeness (QED) is 0.630. The lowest BCUT2D eigenvalue weighted by Crippen LogP contribution is -2.49. The summed E-state index contributed by atoms with van der Waals surface area (Å²) in [5.74, 6) is 0.947. The second kappa shape index (κ2) is 3.75. The summed E-state index contributed by atoms with van der Waals surface area (Å²) in [5.41, 5.74) is 0. The van der Waals surface area contributed by atoms with Gasteiger partial charge in [0.25, 0.3) is 0 Å². The molecule has 0 spiro atoms. The van der Waals surface area contributed by atoms with Crippen LogP contribution < -0.4 is 5.32 Å². The van der Waals surface area contributed by atoms with Crippen LogP contribution in [0.5, 0.6) is 0 Å². The Kier molecular flexibility index (Phi) is 2.66. The van der Waals surface area contributed by atoms with E-state index >= 15 is 0 Å². The Morgan fingerprint density at radius 3 is 2.50 bits per heavy atom. The molecule has 1 aliphatic heterocycles. The van der Waals surface area contributed by atoms with Crippen LogP contribution in [0.3, 0.4) is 0 Å². The van der Waals surface area contributed by atoms with E-state index in [2.05, 4.69) is 17.1 Å². The van der Waals surface area contributed by atoms with Gasteiger partial charge in [-0.05, 0) is 18.8 Å². The second-order valence-electron chi connectivity index (χ2n) is 4.26. The Hall–Kier alpha value is -0.0800. The maximum absolute atomic E-state index is 3.41. The van der Waals surface area contributed by atoms with E-state index in [1.54, 1.807) is 0 Å². The van der Waals surface area contributed by atoms with Gasteiger partial charge in [0.1, 0.15) is 0 Å².